The molecule has 2 aromatic rings. The van der Waals surface area contributed by atoms with Gasteiger partial charge in [-0.15, -0.1) is 0 Å². The maximum absolute atomic E-state index is 5.89. The Morgan fingerprint density at radius 2 is 2.24 bits per heavy atom. The average Bonchev–Trinajstić information content (AvgIpc) is 2.77. The first-order valence-corrected chi connectivity index (χ1v) is 6.04. The summed E-state index contributed by atoms with van der Waals surface area (Å²) < 4.78 is 8.07. The van der Waals surface area contributed by atoms with Crippen molar-refractivity contribution in [2.45, 2.75) is 13.0 Å². The molecule has 0 saturated heterocycles. The number of rotatable bonds is 3. The Balaban J connectivity index is 2.46. The first-order chi connectivity index (χ1) is 8.13. The van der Waals surface area contributed by atoms with Crippen LogP contribution in [-0.4, -0.2) is 16.7 Å². The van der Waals surface area contributed by atoms with Crippen molar-refractivity contribution < 1.29 is 4.74 Å². The smallest absolute Gasteiger partial charge is 0.133 e. The first kappa shape index (κ1) is 12.1. The quantitative estimate of drug-likeness (QED) is 0.947. The number of hydrogen-bond acceptors (Lipinski definition) is 3. The van der Waals surface area contributed by atoms with Gasteiger partial charge in [0.25, 0.3) is 0 Å². The normalized spacial score (nSPS) is 12.5. The molecule has 0 aliphatic carbocycles. The van der Waals surface area contributed by atoms with Gasteiger partial charge in [0.1, 0.15) is 5.75 Å². The largest absolute Gasteiger partial charge is 0.496 e. The van der Waals surface area contributed by atoms with Crippen LogP contribution in [0, 0.1) is 0 Å². The molecular weight excluding hydrogens is 282 g/mol. The third-order valence-corrected chi connectivity index (χ3v) is 3.17. The fraction of sp³-hybridized carbons (Fsp3) is 0.250. The summed E-state index contributed by atoms with van der Waals surface area (Å²) in [5.41, 5.74) is 7.87. The number of hydrogen-bond donors (Lipinski definition) is 1. The molecule has 0 radical (unpaired) electrons. The van der Waals surface area contributed by atoms with Crippen molar-refractivity contribution in [2.75, 3.05) is 7.11 Å². The molecule has 5 heteroatoms. The Morgan fingerprint density at radius 1 is 1.47 bits per heavy atom. The SMILES string of the molecule is COc1ccc(-n2cncc2C(C)N)cc1Br. The van der Waals surface area contributed by atoms with E-state index in [1.807, 2.05) is 29.7 Å². The zero-order valence-electron chi connectivity index (χ0n) is 9.72. The number of ether oxygens (including phenoxy) is 1. The fourth-order valence-electron chi connectivity index (χ4n) is 1.66. The number of methoxy groups -OCH3 is 1. The van der Waals surface area contributed by atoms with Gasteiger partial charge in [0.2, 0.25) is 0 Å². The van der Waals surface area contributed by atoms with Crippen LogP contribution in [0.3, 0.4) is 0 Å². The molecule has 0 aliphatic rings. The molecule has 0 aliphatic heterocycles. The number of imidazole rings is 1. The lowest BCUT2D eigenvalue weighted by atomic mass is 10.2. The van der Waals surface area contributed by atoms with E-state index in [0.29, 0.717) is 0 Å². The van der Waals surface area contributed by atoms with Gasteiger partial charge >= 0.3 is 0 Å². The van der Waals surface area contributed by atoms with Crippen LogP contribution in [0.1, 0.15) is 18.7 Å². The number of nitrogens with two attached hydrogens (primary N) is 1. The lowest BCUT2D eigenvalue weighted by Gasteiger charge is -2.12. The third-order valence-electron chi connectivity index (χ3n) is 2.55. The van der Waals surface area contributed by atoms with E-state index in [1.165, 1.54) is 0 Å². The average molecular weight is 296 g/mol. The summed E-state index contributed by atoms with van der Waals surface area (Å²) in [6.45, 7) is 1.94. The van der Waals surface area contributed by atoms with Crippen LogP contribution in [0.25, 0.3) is 5.69 Å². The van der Waals surface area contributed by atoms with Gasteiger partial charge in [-0.25, -0.2) is 4.98 Å². The maximum atomic E-state index is 5.89. The Labute approximate surface area is 109 Å². The van der Waals surface area contributed by atoms with Gasteiger partial charge < -0.3 is 15.0 Å². The summed E-state index contributed by atoms with van der Waals surface area (Å²) in [7, 11) is 1.64. The van der Waals surface area contributed by atoms with Crippen LogP contribution < -0.4 is 10.5 Å². The van der Waals surface area contributed by atoms with Crippen molar-refractivity contribution in [3.63, 3.8) is 0 Å². The van der Waals surface area contributed by atoms with Gasteiger partial charge in [-0.1, -0.05) is 0 Å². The summed E-state index contributed by atoms with van der Waals surface area (Å²) >= 11 is 3.46. The number of halogens is 1. The zero-order chi connectivity index (χ0) is 12.4. The van der Waals surface area contributed by atoms with E-state index in [2.05, 4.69) is 20.9 Å². The molecule has 17 heavy (non-hydrogen) atoms. The number of benzene rings is 1. The molecule has 0 fully saturated rings. The topological polar surface area (TPSA) is 53.1 Å². The fourth-order valence-corrected chi connectivity index (χ4v) is 2.19. The van der Waals surface area contributed by atoms with E-state index in [4.69, 9.17) is 10.5 Å². The molecule has 0 bridgehead atoms. The molecule has 0 amide bonds. The second kappa shape index (κ2) is 4.89. The van der Waals surface area contributed by atoms with Gasteiger partial charge in [0, 0.05) is 11.7 Å². The Kier molecular flexibility index (Phi) is 3.49. The van der Waals surface area contributed by atoms with Crippen molar-refractivity contribution in [2.24, 2.45) is 5.73 Å². The molecule has 0 saturated carbocycles. The minimum atomic E-state index is -0.0571. The number of nitrogens with zero attached hydrogens (tertiary/aromatic N) is 2. The van der Waals surface area contributed by atoms with Crippen molar-refractivity contribution in [3.8, 4) is 11.4 Å². The van der Waals surface area contributed by atoms with Gasteiger partial charge in [-0.2, -0.15) is 0 Å². The summed E-state index contributed by atoms with van der Waals surface area (Å²) in [6, 6.07) is 5.80. The molecule has 1 aromatic carbocycles. The van der Waals surface area contributed by atoms with E-state index < -0.39 is 0 Å². The standard InChI is InChI=1S/C12H14BrN3O/c1-8(14)11-6-15-7-16(11)9-3-4-12(17-2)10(13)5-9/h3-8H,14H2,1-2H3. The molecule has 4 nitrogen and oxygen atoms in total. The van der Waals surface area contributed by atoms with E-state index in [-0.39, 0.29) is 6.04 Å². The van der Waals surface area contributed by atoms with Crippen LogP contribution in [0.2, 0.25) is 0 Å². The van der Waals surface area contributed by atoms with Crippen molar-refractivity contribution in [3.05, 3.63) is 40.9 Å². The van der Waals surface area contributed by atoms with Gasteiger partial charge in [-0.05, 0) is 41.1 Å². The Bertz CT molecular complexity index is 522. The Hall–Kier alpha value is -1.33. The number of aromatic nitrogens is 2. The molecular formula is C12H14BrN3O. The highest BCUT2D eigenvalue weighted by Gasteiger charge is 2.09. The molecule has 90 valence electrons. The monoisotopic (exact) mass is 295 g/mol. The first-order valence-electron chi connectivity index (χ1n) is 5.25. The van der Waals surface area contributed by atoms with Gasteiger partial charge in [-0.3, -0.25) is 0 Å². The second-order valence-electron chi connectivity index (χ2n) is 3.80. The van der Waals surface area contributed by atoms with E-state index in [9.17, 15) is 0 Å². The van der Waals surface area contributed by atoms with E-state index in [1.54, 1.807) is 19.6 Å². The van der Waals surface area contributed by atoms with Crippen LogP contribution >= 0.6 is 15.9 Å². The minimum absolute atomic E-state index is 0.0571. The lowest BCUT2D eigenvalue weighted by Crippen LogP contribution is -2.10. The summed E-state index contributed by atoms with van der Waals surface area (Å²) in [6.07, 6.45) is 3.54. The third kappa shape index (κ3) is 2.35. The highest BCUT2D eigenvalue weighted by molar-refractivity contribution is 9.10. The molecule has 2 rings (SSSR count). The molecule has 2 N–H and O–H groups in total. The van der Waals surface area contributed by atoms with Crippen LogP contribution in [0.4, 0.5) is 0 Å². The molecule has 1 unspecified atom stereocenters. The van der Waals surface area contributed by atoms with Crippen molar-refractivity contribution in [1.29, 1.82) is 0 Å². The predicted octanol–water partition coefficient (Wildman–Crippen LogP) is 2.66. The summed E-state index contributed by atoms with van der Waals surface area (Å²) in [5, 5.41) is 0. The highest BCUT2D eigenvalue weighted by atomic mass is 79.9. The molecule has 0 spiro atoms. The van der Waals surface area contributed by atoms with Crippen LogP contribution in [0.5, 0.6) is 5.75 Å². The minimum Gasteiger partial charge on any atom is -0.496 e. The predicted molar refractivity (Wildman–Crippen MR) is 70.4 cm³/mol. The van der Waals surface area contributed by atoms with Crippen LogP contribution in [0.15, 0.2) is 35.2 Å². The molecule has 1 atom stereocenters. The van der Waals surface area contributed by atoms with Gasteiger partial charge in [0.15, 0.2) is 0 Å². The summed E-state index contributed by atoms with van der Waals surface area (Å²) in [5.74, 6) is 0.802. The molecule has 1 heterocycles. The molecule has 1 aromatic heterocycles. The zero-order valence-corrected chi connectivity index (χ0v) is 11.3. The van der Waals surface area contributed by atoms with Crippen LogP contribution in [-0.2, 0) is 0 Å². The van der Waals surface area contributed by atoms with E-state index in [0.717, 1.165) is 21.6 Å². The highest BCUT2D eigenvalue weighted by Crippen LogP contribution is 2.28. The summed E-state index contributed by atoms with van der Waals surface area (Å²) in [4.78, 5) is 4.13. The Morgan fingerprint density at radius 3 is 2.82 bits per heavy atom. The van der Waals surface area contributed by atoms with E-state index >= 15 is 0 Å². The maximum Gasteiger partial charge on any atom is 0.133 e. The van der Waals surface area contributed by atoms with Crippen molar-refractivity contribution >= 4 is 15.9 Å². The van der Waals surface area contributed by atoms with Crippen molar-refractivity contribution in [1.82, 2.24) is 9.55 Å². The second-order valence-corrected chi connectivity index (χ2v) is 4.65. The lowest BCUT2D eigenvalue weighted by molar-refractivity contribution is 0.412. The van der Waals surface area contributed by atoms with Gasteiger partial charge in [0.05, 0.1) is 29.8 Å².